The molecule has 130 valence electrons. The lowest BCUT2D eigenvalue weighted by Gasteiger charge is -2.08. The topological polar surface area (TPSA) is 52.8 Å². The Labute approximate surface area is 152 Å². The van der Waals surface area contributed by atoms with Gasteiger partial charge in [-0.15, -0.1) is 5.10 Å². The van der Waals surface area contributed by atoms with Gasteiger partial charge >= 0.3 is 0 Å². The summed E-state index contributed by atoms with van der Waals surface area (Å²) in [6, 6.07) is 16.3. The Balaban J connectivity index is 1.42. The van der Waals surface area contributed by atoms with Gasteiger partial charge in [-0.1, -0.05) is 24.3 Å². The van der Waals surface area contributed by atoms with Crippen LogP contribution in [0.1, 0.15) is 23.4 Å². The minimum atomic E-state index is 0.722. The summed E-state index contributed by atoms with van der Waals surface area (Å²) in [4.78, 5) is 0. The quantitative estimate of drug-likeness (QED) is 0.573. The molecule has 0 saturated carbocycles. The normalized spacial score (nSPS) is 10.8. The Morgan fingerprint density at radius 3 is 2.56 bits per heavy atom. The van der Waals surface area contributed by atoms with E-state index in [9.17, 15) is 0 Å². The molecule has 0 amide bonds. The fourth-order valence-electron chi connectivity index (χ4n) is 2.60. The molecule has 0 N–H and O–H groups in total. The lowest BCUT2D eigenvalue weighted by atomic mass is 10.1. The van der Waals surface area contributed by atoms with Gasteiger partial charge in [0.05, 0.1) is 18.0 Å². The van der Waals surface area contributed by atoms with Gasteiger partial charge in [-0.2, -0.15) is 16.4 Å². The number of hydrogen-bond donors (Lipinski definition) is 0. The molecule has 5 nitrogen and oxygen atoms in total. The maximum Gasteiger partial charge on any atom is 0.166 e. The van der Waals surface area contributed by atoms with Crippen molar-refractivity contribution in [2.75, 3.05) is 12.4 Å². The van der Waals surface area contributed by atoms with Gasteiger partial charge in [0, 0.05) is 0 Å². The molecule has 0 aliphatic heterocycles. The first-order valence-electron chi connectivity index (χ1n) is 8.34. The summed E-state index contributed by atoms with van der Waals surface area (Å²) in [5.41, 5.74) is 3.45. The molecule has 0 bridgehead atoms. The maximum absolute atomic E-state index is 5.84. The summed E-state index contributed by atoms with van der Waals surface area (Å²) in [6.07, 6.45) is 0.991. The highest BCUT2D eigenvalue weighted by molar-refractivity contribution is 7.98. The van der Waals surface area contributed by atoms with Crippen LogP contribution in [0.5, 0.6) is 5.75 Å². The van der Waals surface area contributed by atoms with Crippen molar-refractivity contribution in [1.29, 1.82) is 0 Å². The second-order valence-corrected chi connectivity index (χ2v) is 7.03. The molecule has 25 heavy (non-hydrogen) atoms. The van der Waals surface area contributed by atoms with Crippen LogP contribution in [0, 0.1) is 13.8 Å². The number of para-hydroxylation sites is 1. The van der Waals surface area contributed by atoms with Crippen LogP contribution < -0.4 is 4.74 Å². The number of aryl methyl sites for hydroxylation is 2. The van der Waals surface area contributed by atoms with Crippen LogP contribution in [-0.4, -0.2) is 32.6 Å². The van der Waals surface area contributed by atoms with Crippen LogP contribution in [0.2, 0.25) is 0 Å². The van der Waals surface area contributed by atoms with Crippen molar-refractivity contribution in [2.45, 2.75) is 26.0 Å². The Bertz CT molecular complexity index is 784. The number of benzene rings is 2. The maximum atomic E-state index is 5.84. The smallest absolute Gasteiger partial charge is 0.166 e. The molecule has 0 atom stereocenters. The molecule has 0 saturated heterocycles. The van der Waals surface area contributed by atoms with Crippen LogP contribution >= 0.6 is 11.8 Å². The van der Waals surface area contributed by atoms with Crippen LogP contribution in [0.15, 0.2) is 48.5 Å². The van der Waals surface area contributed by atoms with Crippen LogP contribution in [-0.2, 0) is 5.75 Å². The Morgan fingerprint density at radius 1 is 1.04 bits per heavy atom. The highest BCUT2D eigenvalue weighted by atomic mass is 32.2. The zero-order valence-corrected chi connectivity index (χ0v) is 15.4. The summed E-state index contributed by atoms with van der Waals surface area (Å²) >= 11 is 1.82. The molecular weight excluding hydrogens is 332 g/mol. The third-order valence-electron chi connectivity index (χ3n) is 3.66. The van der Waals surface area contributed by atoms with E-state index in [4.69, 9.17) is 4.74 Å². The number of aromatic nitrogens is 4. The van der Waals surface area contributed by atoms with Crippen LogP contribution in [0.25, 0.3) is 5.69 Å². The summed E-state index contributed by atoms with van der Waals surface area (Å²) in [6.45, 7) is 4.90. The number of hydrogen-bond acceptors (Lipinski definition) is 5. The van der Waals surface area contributed by atoms with E-state index in [1.807, 2.05) is 42.1 Å². The summed E-state index contributed by atoms with van der Waals surface area (Å²) in [5, 5.41) is 12.0. The molecule has 0 fully saturated rings. The van der Waals surface area contributed by atoms with Crippen molar-refractivity contribution in [2.24, 2.45) is 0 Å². The Kier molecular flexibility index (Phi) is 6.06. The lowest BCUT2D eigenvalue weighted by molar-refractivity contribution is 0.318. The highest BCUT2D eigenvalue weighted by Gasteiger charge is 2.07. The first-order valence-corrected chi connectivity index (χ1v) is 9.49. The van der Waals surface area contributed by atoms with Gasteiger partial charge in [-0.25, -0.2) is 0 Å². The monoisotopic (exact) mass is 354 g/mol. The zero-order valence-electron chi connectivity index (χ0n) is 14.6. The third-order valence-corrected chi connectivity index (χ3v) is 4.70. The van der Waals surface area contributed by atoms with Gasteiger partial charge in [-0.05, 0) is 71.8 Å². The molecule has 1 heterocycles. The molecule has 2 aromatic carbocycles. The minimum Gasteiger partial charge on any atom is -0.494 e. The van der Waals surface area contributed by atoms with Crippen molar-refractivity contribution in [1.82, 2.24) is 20.2 Å². The number of ether oxygens (including phenoxy) is 1. The van der Waals surface area contributed by atoms with Gasteiger partial charge in [0.1, 0.15) is 5.75 Å². The van der Waals surface area contributed by atoms with Gasteiger partial charge in [0.15, 0.2) is 5.82 Å². The predicted molar refractivity (Wildman–Crippen MR) is 101 cm³/mol. The van der Waals surface area contributed by atoms with Gasteiger partial charge in [0.2, 0.25) is 0 Å². The summed E-state index contributed by atoms with van der Waals surface area (Å²) in [5.74, 6) is 3.61. The molecule has 0 aliphatic carbocycles. The van der Waals surface area contributed by atoms with Crippen LogP contribution in [0.3, 0.4) is 0 Å². The van der Waals surface area contributed by atoms with Crippen molar-refractivity contribution in [3.63, 3.8) is 0 Å². The number of nitrogens with zero attached hydrogens (tertiary/aromatic N) is 4. The SMILES string of the molecule is Cc1cc(C)cc(OCCCSCc2nnnn2-c2ccccc2)c1. The molecule has 0 spiro atoms. The second kappa shape index (κ2) is 8.67. The Hall–Kier alpha value is -2.34. The lowest BCUT2D eigenvalue weighted by Crippen LogP contribution is -2.03. The summed E-state index contributed by atoms with van der Waals surface area (Å²) in [7, 11) is 0. The number of rotatable bonds is 8. The molecule has 6 heteroatoms. The standard InChI is InChI=1S/C19H22N4OS/c1-15-11-16(2)13-18(12-15)24-9-6-10-25-14-19-20-21-22-23(19)17-7-4-3-5-8-17/h3-5,7-8,11-13H,6,9-10,14H2,1-2H3. The highest BCUT2D eigenvalue weighted by Crippen LogP contribution is 2.17. The summed E-state index contributed by atoms with van der Waals surface area (Å²) < 4.78 is 7.63. The van der Waals surface area contributed by atoms with E-state index in [0.29, 0.717) is 0 Å². The average Bonchev–Trinajstić information content (AvgIpc) is 3.06. The van der Waals surface area contributed by atoms with E-state index in [1.165, 1.54) is 11.1 Å². The molecule has 3 aromatic rings. The number of tetrazole rings is 1. The van der Waals surface area contributed by atoms with Crippen LogP contribution in [0.4, 0.5) is 0 Å². The van der Waals surface area contributed by atoms with E-state index in [-0.39, 0.29) is 0 Å². The fourth-order valence-corrected chi connectivity index (χ4v) is 3.43. The third kappa shape index (κ3) is 5.06. The molecule has 3 rings (SSSR count). The number of thioether (sulfide) groups is 1. The first-order chi connectivity index (χ1) is 12.2. The fraction of sp³-hybridized carbons (Fsp3) is 0.316. The largest absolute Gasteiger partial charge is 0.494 e. The Morgan fingerprint density at radius 2 is 1.80 bits per heavy atom. The van der Waals surface area contributed by atoms with Crippen molar-refractivity contribution >= 4 is 11.8 Å². The predicted octanol–water partition coefficient (Wildman–Crippen LogP) is 3.98. The minimum absolute atomic E-state index is 0.722. The molecule has 0 radical (unpaired) electrons. The van der Waals surface area contributed by atoms with Crippen molar-refractivity contribution in [3.8, 4) is 11.4 Å². The van der Waals surface area contributed by atoms with Gasteiger partial charge in [0.25, 0.3) is 0 Å². The van der Waals surface area contributed by atoms with E-state index in [0.717, 1.165) is 41.8 Å². The van der Waals surface area contributed by atoms with Gasteiger partial charge in [-0.3, -0.25) is 0 Å². The first kappa shape index (κ1) is 17.5. The molecule has 1 aromatic heterocycles. The average molecular weight is 354 g/mol. The van der Waals surface area contributed by atoms with Crippen molar-refractivity contribution < 1.29 is 4.74 Å². The van der Waals surface area contributed by atoms with E-state index in [2.05, 4.69) is 47.6 Å². The van der Waals surface area contributed by atoms with Crippen molar-refractivity contribution in [3.05, 3.63) is 65.5 Å². The van der Waals surface area contributed by atoms with E-state index < -0.39 is 0 Å². The zero-order chi connectivity index (χ0) is 17.5. The molecular formula is C19H22N4OS. The van der Waals surface area contributed by atoms with E-state index >= 15 is 0 Å². The molecule has 0 aliphatic rings. The van der Waals surface area contributed by atoms with Gasteiger partial charge < -0.3 is 4.74 Å². The van der Waals surface area contributed by atoms with E-state index in [1.54, 1.807) is 4.68 Å². The molecule has 0 unspecified atom stereocenters. The second-order valence-electron chi connectivity index (χ2n) is 5.92.